The van der Waals surface area contributed by atoms with Crippen LogP contribution in [0.25, 0.3) is 0 Å². The summed E-state index contributed by atoms with van der Waals surface area (Å²) in [6.07, 6.45) is 3.84. The summed E-state index contributed by atoms with van der Waals surface area (Å²) in [6, 6.07) is 8.55. The molecule has 0 aliphatic rings. The number of aromatic nitrogens is 4. The molecule has 1 aromatic carbocycles. The van der Waals surface area contributed by atoms with Gasteiger partial charge in [0.2, 0.25) is 5.13 Å². The molecule has 0 saturated carbocycles. The Bertz CT molecular complexity index is 731. The van der Waals surface area contributed by atoms with Crippen molar-refractivity contribution in [3.8, 4) is 0 Å². The summed E-state index contributed by atoms with van der Waals surface area (Å²) in [7, 11) is 0. The molecule has 21 heavy (non-hydrogen) atoms. The first-order valence-electron chi connectivity index (χ1n) is 6.80. The van der Waals surface area contributed by atoms with Gasteiger partial charge in [0.05, 0.1) is 0 Å². The van der Waals surface area contributed by atoms with E-state index in [0.29, 0.717) is 0 Å². The average Bonchev–Trinajstić information content (AvgIpc) is 3.07. The molecule has 5 nitrogen and oxygen atoms in total. The molecule has 2 heterocycles. The third-order valence-corrected chi connectivity index (χ3v) is 4.00. The highest BCUT2D eigenvalue weighted by Gasteiger charge is 2.02. The van der Waals surface area contributed by atoms with Crippen molar-refractivity contribution in [3.05, 3.63) is 59.4 Å². The molecule has 0 radical (unpaired) electrons. The quantitative estimate of drug-likeness (QED) is 0.787. The fourth-order valence-electron chi connectivity index (χ4n) is 2.15. The van der Waals surface area contributed by atoms with E-state index in [-0.39, 0.29) is 0 Å². The second-order valence-corrected chi connectivity index (χ2v) is 5.67. The van der Waals surface area contributed by atoms with E-state index in [1.807, 2.05) is 26.2 Å². The molecule has 0 unspecified atom stereocenters. The normalized spacial score (nSPS) is 10.8. The minimum Gasteiger partial charge on any atom is -0.356 e. The summed E-state index contributed by atoms with van der Waals surface area (Å²) in [5.41, 5.74) is 2.50. The van der Waals surface area contributed by atoms with Crippen molar-refractivity contribution < 1.29 is 0 Å². The van der Waals surface area contributed by atoms with Crippen LogP contribution >= 0.6 is 11.5 Å². The highest BCUT2D eigenvalue weighted by atomic mass is 32.1. The molecular weight excluding hydrogens is 282 g/mol. The van der Waals surface area contributed by atoms with Gasteiger partial charge < -0.3 is 9.88 Å². The van der Waals surface area contributed by atoms with Gasteiger partial charge in [-0.2, -0.15) is 4.37 Å². The largest absolute Gasteiger partial charge is 0.356 e. The molecular formula is C15H17N5S. The number of nitrogens with zero attached hydrogens (tertiary/aromatic N) is 4. The van der Waals surface area contributed by atoms with Gasteiger partial charge in [0.15, 0.2) is 0 Å². The molecule has 3 rings (SSSR count). The SMILES string of the molecule is Cc1nsc(NCc2cccc(Cn3ccnc3C)c2)n1. The smallest absolute Gasteiger partial charge is 0.202 e. The zero-order valence-electron chi connectivity index (χ0n) is 12.1. The number of anilines is 1. The third-order valence-electron chi connectivity index (χ3n) is 3.24. The second-order valence-electron chi connectivity index (χ2n) is 4.92. The van der Waals surface area contributed by atoms with Crippen LogP contribution in [0.15, 0.2) is 36.7 Å². The molecule has 0 amide bonds. The zero-order chi connectivity index (χ0) is 14.7. The number of nitrogens with one attached hydrogen (secondary N) is 1. The summed E-state index contributed by atoms with van der Waals surface area (Å²) in [6.45, 7) is 5.52. The predicted octanol–water partition coefficient (Wildman–Crippen LogP) is 3.01. The van der Waals surface area contributed by atoms with Crippen LogP contribution in [-0.4, -0.2) is 18.9 Å². The lowest BCUT2D eigenvalue weighted by Crippen LogP contribution is -2.03. The number of aryl methyl sites for hydroxylation is 2. The predicted molar refractivity (Wildman–Crippen MR) is 84.5 cm³/mol. The fourth-order valence-corrected chi connectivity index (χ4v) is 2.72. The summed E-state index contributed by atoms with van der Waals surface area (Å²) in [5, 5.41) is 4.17. The van der Waals surface area contributed by atoms with Crippen molar-refractivity contribution in [1.29, 1.82) is 0 Å². The summed E-state index contributed by atoms with van der Waals surface area (Å²) in [5.74, 6) is 1.84. The first-order chi connectivity index (χ1) is 10.2. The van der Waals surface area contributed by atoms with Crippen molar-refractivity contribution in [2.24, 2.45) is 0 Å². The summed E-state index contributed by atoms with van der Waals surface area (Å²) < 4.78 is 6.30. The van der Waals surface area contributed by atoms with Gasteiger partial charge in [-0.1, -0.05) is 24.3 Å². The second kappa shape index (κ2) is 6.05. The Morgan fingerprint density at radius 1 is 1.24 bits per heavy atom. The van der Waals surface area contributed by atoms with E-state index in [2.05, 4.69) is 48.5 Å². The van der Waals surface area contributed by atoms with Gasteiger partial charge in [0, 0.05) is 37.0 Å². The highest BCUT2D eigenvalue weighted by molar-refractivity contribution is 7.09. The van der Waals surface area contributed by atoms with Crippen LogP contribution in [0.4, 0.5) is 5.13 Å². The van der Waals surface area contributed by atoms with Crippen molar-refractivity contribution in [2.75, 3.05) is 5.32 Å². The van der Waals surface area contributed by atoms with E-state index in [9.17, 15) is 0 Å². The van der Waals surface area contributed by atoms with E-state index in [1.54, 1.807) is 0 Å². The van der Waals surface area contributed by atoms with Crippen LogP contribution in [0.3, 0.4) is 0 Å². The van der Waals surface area contributed by atoms with E-state index in [0.717, 1.165) is 29.9 Å². The van der Waals surface area contributed by atoms with Crippen molar-refractivity contribution in [2.45, 2.75) is 26.9 Å². The minimum absolute atomic E-state index is 0.755. The third kappa shape index (κ3) is 3.46. The molecule has 1 N–H and O–H groups in total. The van der Waals surface area contributed by atoms with Gasteiger partial charge in [-0.3, -0.25) is 0 Å². The van der Waals surface area contributed by atoms with Gasteiger partial charge in [0.25, 0.3) is 0 Å². The number of imidazole rings is 1. The van der Waals surface area contributed by atoms with Crippen LogP contribution in [0.1, 0.15) is 22.8 Å². The highest BCUT2D eigenvalue weighted by Crippen LogP contribution is 2.13. The molecule has 0 saturated heterocycles. The van der Waals surface area contributed by atoms with E-state index in [1.165, 1.54) is 22.7 Å². The molecule has 0 spiro atoms. The van der Waals surface area contributed by atoms with Gasteiger partial charge in [0.1, 0.15) is 11.6 Å². The molecule has 6 heteroatoms. The van der Waals surface area contributed by atoms with Crippen molar-refractivity contribution in [3.63, 3.8) is 0 Å². The van der Waals surface area contributed by atoms with Crippen molar-refractivity contribution >= 4 is 16.7 Å². The molecule has 3 aromatic rings. The van der Waals surface area contributed by atoms with Crippen molar-refractivity contribution in [1.82, 2.24) is 18.9 Å². The molecule has 0 fully saturated rings. The molecule has 0 atom stereocenters. The Balaban J connectivity index is 1.67. The molecule has 0 aliphatic carbocycles. The van der Waals surface area contributed by atoms with Gasteiger partial charge in [-0.25, -0.2) is 9.97 Å². The fraction of sp³-hybridized carbons (Fsp3) is 0.267. The van der Waals surface area contributed by atoms with E-state index >= 15 is 0 Å². The first-order valence-corrected chi connectivity index (χ1v) is 7.58. The lowest BCUT2D eigenvalue weighted by atomic mass is 10.1. The Morgan fingerprint density at radius 2 is 2.10 bits per heavy atom. The summed E-state index contributed by atoms with van der Waals surface area (Å²) >= 11 is 1.39. The maximum Gasteiger partial charge on any atom is 0.202 e. The standard InChI is InChI=1S/C15H17N5S/c1-11-18-15(21-19-11)17-9-13-4-3-5-14(8-13)10-20-7-6-16-12(20)2/h3-8H,9-10H2,1-2H3,(H,17,18,19). The van der Waals surface area contributed by atoms with Crippen LogP contribution in [0.2, 0.25) is 0 Å². The minimum atomic E-state index is 0.755. The Labute approximate surface area is 127 Å². The van der Waals surface area contributed by atoms with E-state index < -0.39 is 0 Å². The van der Waals surface area contributed by atoms with Crippen LogP contribution in [0, 0.1) is 13.8 Å². The lowest BCUT2D eigenvalue weighted by molar-refractivity contribution is 0.760. The van der Waals surface area contributed by atoms with Gasteiger partial charge in [-0.15, -0.1) is 0 Å². The zero-order valence-corrected chi connectivity index (χ0v) is 12.9. The van der Waals surface area contributed by atoms with E-state index in [4.69, 9.17) is 0 Å². The molecule has 2 aromatic heterocycles. The molecule has 0 aliphatic heterocycles. The Morgan fingerprint density at radius 3 is 2.81 bits per heavy atom. The van der Waals surface area contributed by atoms with Gasteiger partial charge in [-0.05, 0) is 25.0 Å². The maximum absolute atomic E-state index is 4.30. The number of hydrogen-bond acceptors (Lipinski definition) is 5. The number of rotatable bonds is 5. The maximum atomic E-state index is 4.30. The van der Waals surface area contributed by atoms with Crippen LogP contribution in [0.5, 0.6) is 0 Å². The average molecular weight is 299 g/mol. The Hall–Kier alpha value is -2.21. The van der Waals surface area contributed by atoms with Crippen LogP contribution in [-0.2, 0) is 13.1 Å². The molecule has 108 valence electrons. The summed E-state index contributed by atoms with van der Waals surface area (Å²) in [4.78, 5) is 8.55. The lowest BCUT2D eigenvalue weighted by Gasteiger charge is -2.08. The number of hydrogen-bond donors (Lipinski definition) is 1. The topological polar surface area (TPSA) is 55.6 Å². The first kappa shape index (κ1) is 13.8. The Kier molecular flexibility index (Phi) is 3.96. The molecule has 0 bridgehead atoms. The monoisotopic (exact) mass is 299 g/mol. The van der Waals surface area contributed by atoms with Crippen LogP contribution < -0.4 is 5.32 Å². The van der Waals surface area contributed by atoms with Gasteiger partial charge >= 0.3 is 0 Å². The number of benzene rings is 1.